The Morgan fingerprint density at radius 1 is 1.32 bits per heavy atom. The molecule has 1 aromatic rings. The van der Waals surface area contributed by atoms with Crippen molar-refractivity contribution in [2.45, 2.75) is 12.8 Å². The number of carbonyl (C=O) groups excluding carboxylic acids is 1. The highest BCUT2D eigenvalue weighted by molar-refractivity contribution is 5.85. The Balaban J connectivity index is 0.00000242. The Morgan fingerprint density at radius 3 is 2.77 bits per heavy atom. The highest BCUT2D eigenvalue weighted by Crippen LogP contribution is 2.24. The van der Waals surface area contributed by atoms with Gasteiger partial charge in [-0.25, -0.2) is 0 Å². The second-order valence-corrected chi connectivity index (χ2v) is 4.95. The molecule has 0 radical (unpaired) electrons. The molecule has 0 aliphatic carbocycles. The van der Waals surface area contributed by atoms with Crippen LogP contribution in [0.25, 0.3) is 0 Å². The van der Waals surface area contributed by atoms with Crippen molar-refractivity contribution in [1.82, 2.24) is 10.6 Å². The van der Waals surface area contributed by atoms with Gasteiger partial charge in [-0.1, -0.05) is 11.6 Å². The van der Waals surface area contributed by atoms with Crippen molar-refractivity contribution < 1.29 is 14.3 Å². The average Bonchev–Trinajstić information content (AvgIpc) is 2.54. The lowest BCUT2D eigenvalue weighted by Gasteiger charge is -2.15. The van der Waals surface area contributed by atoms with E-state index in [0.717, 1.165) is 30.8 Å². The molecule has 1 aromatic carbocycles. The number of rotatable bonds is 6. The monoisotopic (exact) mass is 326 g/mol. The summed E-state index contributed by atoms with van der Waals surface area (Å²) < 4.78 is 10.5. The maximum absolute atomic E-state index is 12.1. The van der Waals surface area contributed by atoms with E-state index in [1.807, 2.05) is 18.2 Å². The molecule has 5 nitrogen and oxygen atoms in total. The molecular formula is C16H23ClN2O3. The van der Waals surface area contributed by atoms with E-state index >= 15 is 0 Å². The second kappa shape index (κ2) is 9.33. The van der Waals surface area contributed by atoms with Crippen molar-refractivity contribution in [1.29, 1.82) is 0 Å². The van der Waals surface area contributed by atoms with Crippen molar-refractivity contribution in [3.8, 4) is 11.5 Å². The summed E-state index contributed by atoms with van der Waals surface area (Å²) in [6.07, 6.45) is 3.41. The van der Waals surface area contributed by atoms with Crippen LogP contribution in [0, 0.1) is 0 Å². The molecule has 0 aromatic heterocycles. The predicted octanol–water partition coefficient (Wildman–Crippen LogP) is 1.70. The lowest BCUT2D eigenvalue weighted by molar-refractivity contribution is -0.120. The van der Waals surface area contributed by atoms with Gasteiger partial charge in [-0.15, -0.1) is 12.4 Å². The Hall–Kier alpha value is -1.72. The van der Waals surface area contributed by atoms with Gasteiger partial charge in [-0.3, -0.25) is 4.79 Å². The van der Waals surface area contributed by atoms with Crippen molar-refractivity contribution in [2.75, 3.05) is 33.9 Å². The molecule has 6 heteroatoms. The molecule has 1 aliphatic heterocycles. The fourth-order valence-electron chi connectivity index (χ4n) is 2.30. The number of hydrogen-bond acceptors (Lipinski definition) is 4. The molecule has 0 spiro atoms. The van der Waals surface area contributed by atoms with Crippen LogP contribution in [0.2, 0.25) is 0 Å². The van der Waals surface area contributed by atoms with E-state index in [1.54, 1.807) is 14.2 Å². The van der Waals surface area contributed by atoms with Gasteiger partial charge in [-0.2, -0.15) is 0 Å². The average molecular weight is 327 g/mol. The molecule has 0 saturated carbocycles. The standard InChI is InChI=1S/C16H22N2O3.ClH/c1-20-14-3-4-15(21-2)13(9-14)10-16(19)18-11-12-5-7-17-8-6-12;/h3-5,9,17H,6-8,10-11H2,1-2H3,(H,18,19);1H. The Bertz CT molecular complexity index is 532. The quantitative estimate of drug-likeness (QED) is 0.781. The smallest absolute Gasteiger partial charge is 0.224 e. The van der Waals surface area contributed by atoms with Gasteiger partial charge in [0.2, 0.25) is 5.91 Å². The first-order valence-electron chi connectivity index (χ1n) is 7.09. The van der Waals surface area contributed by atoms with E-state index < -0.39 is 0 Å². The largest absolute Gasteiger partial charge is 0.497 e. The topological polar surface area (TPSA) is 59.6 Å². The molecule has 2 N–H and O–H groups in total. The van der Waals surface area contributed by atoms with Crippen LogP contribution in [0.3, 0.4) is 0 Å². The summed E-state index contributed by atoms with van der Waals surface area (Å²) in [4.78, 5) is 12.1. The van der Waals surface area contributed by atoms with Gasteiger partial charge in [0, 0.05) is 18.7 Å². The van der Waals surface area contributed by atoms with Crippen molar-refractivity contribution in [3.05, 3.63) is 35.4 Å². The van der Waals surface area contributed by atoms with Crippen LogP contribution >= 0.6 is 12.4 Å². The van der Waals surface area contributed by atoms with Gasteiger partial charge >= 0.3 is 0 Å². The third-order valence-corrected chi connectivity index (χ3v) is 3.51. The Kier molecular flexibility index (Phi) is 7.77. The van der Waals surface area contributed by atoms with Gasteiger partial charge in [-0.05, 0) is 31.2 Å². The summed E-state index contributed by atoms with van der Waals surface area (Å²) in [7, 11) is 3.21. The second-order valence-electron chi connectivity index (χ2n) is 4.95. The predicted molar refractivity (Wildman–Crippen MR) is 89.1 cm³/mol. The minimum atomic E-state index is -0.0130. The summed E-state index contributed by atoms with van der Waals surface area (Å²) in [5, 5.41) is 6.21. The molecular weight excluding hydrogens is 304 g/mol. The number of amides is 1. The van der Waals surface area contributed by atoms with Crippen LogP contribution in [0.4, 0.5) is 0 Å². The fourth-order valence-corrected chi connectivity index (χ4v) is 2.30. The van der Waals surface area contributed by atoms with Gasteiger partial charge < -0.3 is 20.1 Å². The molecule has 1 heterocycles. The number of benzene rings is 1. The number of hydrogen-bond donors (Lipinski definition) is 2. The first-order chi connectivity index (χ1) is 10.2. The van der Waals surface area contributed by atoms with E-state index in [4.69, 9.17) is 9.47 Å². The number of methoxy groups -OCH3 is 2. The summed E-state index contributed by atoms with van der Waals surface area (Å²) in [6.45, 7) is 2.48. The maximum Gasteiger partial charge on any atom is 0.224 e. The lowest BCUT2D eigenvalue weighted by Crippen LogP contribution is -2.30. The number of carbonyl (C=O) groups is 1. The van der Waals surface area contributed by atoms with Gasteiger partial charge in [0.25, 0.3) is 0 Å². The molecule has 2 rings (SSSR count). The highest BCUT2D eigenvalue weighted by atomic mass is 35.5. The summed E-state index contributed by atoms with van der Waals surface area (Å²) >= 11 is 0. The molecule has 0 fully saturated rings. The van der Waals surface area contributed by atoms with E-state index in [-0.39, 0.29) is 24.7 Å². The van der Waals surface area contributed by atoms with Gasteiger partial charge in [0.15, 0.2) is 0 Å². The summed E-state index contributed by atoms with van der Waals surface area (Å²) in [5.74, 6) is 1.41. The minimum absolute atomic E-state index is 0. The molecule has 22 heavy (non-hydrogen) atoms. The third-order valence-electron chi connectivity index (χ3n) is 3.51. The van der Waals surface area contributed by atoms with E-state index in [9.17, 15) is 4.79 Å². The number of ether oxygens (including phenoxy) is 2. The summed E-state index contributed by atoms with van der Waals surface area (Å²) in [6, 6.07) is 5.47. The van der Waals surface area contributed by atoms with Crippen LogP contribution in [-0.4, -0.2) is 39.8 Å². The van der Waals surface area contributed by atoms with Gasteiger partial charge in [0.05, 0.1) is 20.6 Å². The third kappa shape index (κ3) is 5.24. The maximum atomic E-state index is 12.1. The van der Waals surface area contributed by atoms with E-state index in [1.165, 1.54) is 5.57 Å². The first kappa shape index (κ1) is 18.3. The molecule has 0 saturated heterocycles. The van der Waals surface area contributed by atoms with Crippen LogP contribution in [0.1, 0.15) is 12.0 Å². The van der Waals surface area contributed by atoms with Crippen LogP contribution in [0.15, 0.2) is 29.8 Å². The van der Waals surface area contributed by atoms with Crippen molar-refractivity contribution >= 4 is 18.3 Å². The fraction of sp³-hybridized carbons (Fsp3) is 0.438. The Morgan fingerprint density at radius 2 is 2.14 bits per heavy atom. The number of halogens is 1. The van der Waals surface area contributed by atoms with Crippen LogP contribution < -0.4 is 20.1 Å². The normalized spacial score (nSPS) is 13.6. The van der Waals surface area contributed by atoms with Crippen LogP contribution in [-0.2, 0) is 11.2 Å². The van der Waals surface area contributed by atoms with Crippen molar-refractivity contribution in [3.63, 3.8) is 0 Å². The first-order valence-corrected chi connectivity index (χ1v) is 7.09. The molecule has 0 bridgehead atoms. The molecule has 0 unspecified atom stereocenters. The SMILES string of the molecule is COc1ccc(OC)c(CC(=O)NCC2=CCNCC2)c1.Cl. The minimum Gasteiger partial charge on any atom is -0.497 e. The van der Waals surface area contributed by atoms with E-state index in [0.29, 0.717) is 12.3 Å². The molecule has 1 amide bonds. The summed E-state index contributed by atoms with van der Waals surface area (Å²) in [5.41, 5.74) is 2.10. The molecule has 122 valence electrons. The highest BCUT2D eigenvalue weighted by Gasteiger charge is 2.11. The van der Waals surface area contributed by atoms with E-state index in [2.05, 4.69) is 16.7 Å². The Labute approximate surface area is 137 Å². The van der Waals surface area contributed by atoms with Crippen LogP contribution in [0.5, 0.6) is 11.5 Å². The molecule has 1 aliphatic rings. The lowest BCUT2D eigenvalue weighted by atomic mass is 10.1. The zero-order valence-electron chi connectivity index (χ0n) is 13.0. The molecule has 0 atom stereocenters. The zero-order valence-corrected chi connectivity index (χ0v) is 13.8. The van der Waals surface area contributed by atoms with Crippen molar-refractivity contribution in [2.24, 2.45) is 0 Å². The zero-order chi connectivity index (χ0) is 15.1. The van der Waals surface area contributed by atoms with Gasteiger partial charge in [0.1, 0.15) is 11.5 Å². The number of nitrogens with one attached hydrogen (secondary N) is 2.